The minimum absolute atomic E-state index is 0.0209. The molecule has 1 aliphatic heterocycles. The molecular formula is C14H23N3O. The Morgan fingerprint density at radius 1 is 1.33 bits per heavy atom. The molecule has 18 heavy (non-hydrogen) atoms. The first-order valence-corrected chi connectivity index (χ1v) is 6.82. The predicted octanol–water partition coefficient (Wildman–Crippen LogP) is 1.97. The Labute approximate surface area is 109 Å². The summed E-state index contributed by atoms with van der Waals surface area (Å²) in [6, 6.07) is 3.86. The van der Waals surface area contributed by atoms with Crippen molar-refractivity contribution < 1.29 is 4.74 Å². The SMILES string of the molecule is CC(N)c1ccc(OCCN2CCCCC2)cn1. The molecule has 1 aliphatic rings. The smallest absolute Gasteiger partial charge is 0.137 e. The first kappa shape index (κ1) is 13.3. The zero-order valence-corrected chi connectivity index (χ0v) is 11.1. The van der Waals surface area contributed by atoms with Crippen molar-refractivity contribution in [1.82, 2.24) is 9.88 Å². The molecule has 100 valence electrons. The van der Waals surface area contributed by atoms with Crippen molar-refractivity contribution >= 4 is 0 Å². The van der Waals surface area contributed by atoms with Crippen molar-refractivity contribution in [2.75, 3.05) is 26.2 Å². The monoisotopic (exact) mass is 249 g/mol. The van der Waals surface area contributed by atoms with Crippen LogP contribution in [0.3, 0.4) is 0 Å². The molecule has 1 aromatic heterocycles. The highest BCUT2D eigenvalue weighted by Gasteiger charge is 2.09. The third-order valence-corrected chi connectivity index (χ3v) is 3.35. The van der Waals surface area contributed by atoms with Gasteiger partial charge in [0.05, 0.1) is 11.9 Å². The van der Waals surface area contributed by atoms with Crippen molar-refractivity contribution in [3.8, 4) is 5.75 Å². The summed E-state index contributed by atoms with van der Waals surface area (Å²) < 4.78 is 5.70. The largest absolute Gasteiger partial charge is 0.491 e. The van der Waals surface area contributed by atoms with Crippen LogP contribution in [0.25, 0.3) is 0 Å². The van der Waals surface area contributed by atoms with Crippen molar-refractivity contribution in [2.45, 2.75) is 32.2 Å². The van der Waals surface area contributed by atoms with E-state index >= 15 is 0 Å². The van der Waals surface area contributed by atoms with Gasteiger partial charge in [-0.25, -0.2) is 0 Å². The Morgan fingerprint density at radius 2 is 2.11 bits per heavy atom. The van der Waals surface area contributed by atoms with Crippen molar-refractivity contribution in [3.63, 3.8) is 0 Å². The van der Waals surface area contributed by atoms with E-state index in [0.29, 0.717) is 0 Å². The quantitative estimate of drug-likeness (QED) is 0.866. The molecule has 2 N–H and O–H groups in total. The molecule has 1 unspecified atom stereocenters. The van der Waals surface area contributed by atoms with Gasteiger partial charge in [0.15, 0.2) is 0 Å². The molecule has 4 heteroatoms. The maximum absolute atomic E-state index is 5.75. The van der Waals surface area contributed by atoms with E-state index in [-0.39, 0.29) is 6.04 Å². The van der Waals surface area contributed by atoms with E-state index in [1.165, 1.54) is 32.4 Å². The van der Waals surface area contributed by atoms with Gasteiger partial charge in [-0.15, -0.1) is 0 Å². The lowest BCUT2D eigenvalue weighted by molar-refractivity contribution is 0.183. The molecule has 4 nitrogen and oxygen atoms in total. The Morgan fingerprint density at radius 3 is 2.72 bits per heavy atom. The number of nitrogens with zero attached hydrogens (tertiary/aromatic N) is 2. The number of hydrogen-bond donors (Lipinski definition) is 1. The number of hydrogen-bond acceptors (Lipinski definition) is 4. The van der Waals surface area contributed by atoms with E-state index in [2.05, 4.69) is 9.88 Å². The summed E-state index contributed by atoms with van der Waals surface area (Å²) in [5.74, 6) is 0.830. The third-order valence-electron chi connectivity index (χ3n) is 3.35. The number of aromatic nitrogens is 1. The zero-order chi connectivity index (χ0) is 12.8. The number of likely N-dealkylation sites (tertiary alicyclic amines) is 1. The van der Waals surface area contributed by atoms with Gasteiger partial charge in [0.1, 0.15) is 12.4 Å². The molecule has 0 amide bonds. The second-order valence-corrected chi connectivity index (χ2v) is 4.96. The van der Waals surface area contributed by atoms with Gasteiger partial charge in [-0.05, 0) is 45.0 Å². The Kier molecular flexibility index (Phi) is 4.96. The van der Waals surface area contributed by atoms with Crippen LogP contribution in [-0.2, 0) is 0 Å². The van der Waals surface area contributed by atoms with Crippen LogP contribution in [-0.4, -0.2) is 36.1 Å². The molecular weight excluding hydrogens is 226 g/mol. The highest BCUT2D eigenvalue weighted by atomic mass is 16.5. The highest BCUT2D eigenvalue weighted by Crippen LogP contribution is 2.13. The average molecular weight is 249 g/mol. The molecule has 1 aromatic rings. The van der Waals surface area contributed by atoms with Crippen LogP contribution in [0.5, 0.6) is 5.75 Å². The van der Waals surface area contributed by atoms with Gasteiger partial charge < -0.3 is 10.5 Å². The molecule has 1 fully saturated rings. The van der Waals surface area contributed by atoms with Crippen LogP contribution in [0, 0.1) is 0 Å². The Bertz CT molecular complexity index is 345. The van der Waals surface area contributed by atoms with Gasteiger partial charge in [0, 0.05) is 12.6 Å². The van der Waals surface area contributed by atoms with E-state index in [1.54, 1.807) is 6.20 Å². The predicted molar refractivity (Wildman–Crippen MR) is 72.6 cm³/mol. The van der Waals surface area contributed by atoms with E-state index in [9.17, 15) is 0 Å². The first-order chi connectivity index (χ1) is 8.75. The molecule has 1 atom stereocenters. The van der Waals surface area contributed by atoms with Crippen LogP contribution in [0.15, 0.2) is 18.3 Å². The molecule has 2 rings (SSSR count). The normalized spacial score (nSPS) is 18.6. The molecule has 2 heterocycles. The lowest BCUT2D eigenvalue weighted by Crippen LogP contribution is -2.33. The summed E-state index contributed by atoms with van der Waals surface area (Å²) in [7, 11) is 0. The van der Waals surface area contributed by atoms with Gasteiger partial charge in [-0.2, -0.15) is 0 Å². The third kappa shape index (κ3) is 3.96. The summed E-state index contributed by atoms with van der Waals surface area (Å²) >= 11 is 0. The second-order valence-electron chi connectivity index (χ2n) is 4.96. The summed E-state index contributed by atoms with van der Waals surface area (Å²) in [5.41, 5.74) is 6.65. The number of piperidine rings is 1. The van der Waals surface area contributed by atoms with Gasteiger partial charge >= 0.3 is 0 Å². The molecule has 0 bridgehead atoms. The maximum atomic E-state index is 5.75. The number of ether oxygens (including phenoxy) is 1. The zero-order valence-electron chi connectivity index (χ0n) is 11.1. The standard InChI is InChI=1S/C14H23N3O/c1-12(15)14-6-5-13(11-16-14)18-10-9-17-7-3-2-4-8-17/h5-6,11-12H,2-4,7-10,15H2,1H3. The van der Waals surface area contributed by atoms with E-state index < -0.39 is 0 Å². The van der Waals surface area contributed by atoms with Gasteiger partial charge in [-0.3, -0.25) is 9.88 Å². The minimum Gasteiger partial charge on any atom is -0.491 e. The lowest BCUT2D eigenvalue weighted by Gasteiger charge is -2.26. The van der Waals surface area contributed by atoms with Crippen molar-refractivity contribution in [1.29, 1.82) is 0 Å². The van der Waals surface area contributed by atoms with Crippen molar-refractivity contribution in [2.24, 2.45) is 5.73 Å². The van der Waals surface area contributed by atoms with Crippen LogP contribution < -0.4 is 10.5 Å². The van der Waals surface area contributed by atoms with Gasteiger partial charge in [0.25, 0.3) is 0 Å². The summed E-state index contributed by atoms with van der Waals surface area (Å²) in [6.07, 6.45) is 5.78. The van der Waals surface area contributed by atoms with E-state index in [0.717, 1.165) is 24.6 Å². The number of pyridine rings is 1. The van der Waals surface area contributed by atoms with Gasteiger partial charge in [-0.1, -0.05) is 6.42 Å². The number of nitrogens with two attached hydrogens (primary N) is 1. The maximum Gasteiger partial charge on any atom is 0.137 e. The topological polar surface area (TPSA) is 51.4 Å². The van der Waals surface area contributed by atoms with Crippen LogP contribution in [0.2, 0.25) is 0 Å². The molecule has 0 aromatic carbocycles. The fourth-order valence-electron chi connectivity index (χ4n) is 2.22. The average Bonchev–Trinajstić information content (AvgIpc) is 2.40. The summed E-state index contributed by atoms with van der Waals surface area (Å²) in [6.45, 7) is 6.10. The van der Waals surface area contributed by atoms with Crippen LogP contribution >= 0.6 is 0 Å². The fraction of sp³-hybridized carbons (Fsp3) is 0.643. The Hall–Kier alpha value is -1.13. The molecule has 0 spiro atoms. The number of rotatable bonds is 5. The van der Waals surface area contributed by atoms with Gasteiger partial charge in [0.2, 0.25) is 0 Å². The Balaban J connectivity index is 1.72. The summed E-state index contributed by atoms with van der Waals surface area (Å²) in [4.78, 5) is 6.75. The molecule has 0 aliphatic carbocycles. The van der Waals surface area contributed by atoms with E-state index in [1.807, 2.05) is 19.1 Å². The van der Waals surface area contributed by atoms with Crippen LogP contribution in [0.4, 0.5) is 0 Å². The lowest BCUT2D eigenvalue weighted by atomic mass is 10.1. The molecule has 0 radical (unpaired) electrons. The van der Waals surface area contributed by atoms with Crippen molar-refractivity contribution in [3.05, 3.63) is 24.0 Å². The fourth-order valence-corrected chi connectivity index (χ4v) is 2.22. The van der Waals surface area contributed by atoms with Crippen LogP contribution in [0.1, 0.15) is 37.9 Å². The second kappa shape index (κ2) is 6.71. The molecule has 1 saturated heterocycles. The minimum atomic E-state index is -0.0209. The van der Waals surface area contributed by atoms with E-state index in [4.69, 9.17) is 10.5 Å². The highest BCUT2D eigenvalue weighted by molar-refractivity contribution is 5.21. The summed E-state index contributed by atoms with van der Waals surface area (Å²) in [5, 5.41) is 0. The molecule has 0 saturated carbocycles. The first-order valence-electron chi connectivity index (χ1n) is 6.82.